The van der Waals surface area contributed by atoms with Crippen LogP contribution in [0, 0.1) is 0 Å². The molecule has 0 saturated carbocycles. The van der Waals surface area contributed by atoms with Crippen LogP contribution in [0.25, 0.3) is 10.2 Å². The van der Waals surface area contributed by atoms with E-state index >= 15 is 0 Å². The van der Waals surface area contributed by atoms with Gasteiger partial charge in [0.1, 0.15) is 0 Å². The Morgan fingerprint density at radius 2 is 2.21 bits per heavy atom. The Hall–Kier alpha value is -1.59. The SMILES string of the molecule is CCc1ncccc1Sc1ccc2nc(N)sc2c1. The standard InChI is InChI=1S/C14H13N3S2/c1-2-10-12(4-3-7-16-10)18-9-5-6-11-13(8-9)19-14(15)17-11/h3-8H,2H2,1H3,(H2,15,17). The quantitative estimate of drug-likeness (QED) is 0.791. The maximum atomic E-state index is 5.73. The van der Waals surface area contributed by atoms with Crippen molar-refractivity contribution in [3.8, 4) is 0 Å². The van der Waals surface area contributed by atoms with Gasteiger partial charge in [-0.05, 0) is 36.8 Å². The number of pyridine rings is 1. The summed E-state index contributed by atoms with van der Waals surface area (Å²) in [5.74, 6) is 0. The number of nitrogens with zero attached hydrogens (tertiary/aromatic N) is 2. The summed E-state index contributed by atoms with van der Waals surface area (Å²) in [6, 6.07) is 10.3. The summed E-state index contributed by atoms with van der Waals surface area (Å²) in [7, 11) is 0. The molecule has 19 heavy (non-hydrogen) atoms. The topological polar surface area (TPSA) is 51.8 Å². The second-order valence-electron chi connectivity index (χ2n) is 4.09. The number of anilines is 1. The fourth-order valence-electron chi connectivity index (χ4n) is 1.89. The fraction of sp³-hybridized carbons (Fsp3) is 0.143. The first-order valence-electron chi connectivity index (χ1n) is 6.04. The van der Waals surface area contributed by atoms with Crippen LogP contribution in [0.2, 0.25) is 0 Å². The minimum Gasteiger partial charge on any atom is -0.375 e. The van der Waals surface area contributed by atoms with Crippen LogP contribution in [0.5, 0.6) is 0 Å². The van der Waals surface area contributed by atoms with Gasteiger partial charge in [-0.25, -0.2) is 4.98 Å². The number of rotatable bonds is 3. The highest BCUT2D eigenvalue weighted by Crippen LogP contribution is 2.33. The number of aromatic nitrogens is 2. The van der Waals surface area contributed by atoms with Gasteiger partial charge in [-0.1, -0.05) is 30.0 Å². The van der Waals surface area contributed by atoms with E-state index in [1.165, 1.54) is 21.1 Å². The number of nitrogen functional groups attached to an aromatic ring is 1. The first-order valence-corrected chi connectivity index (χ1v) is 7.67. The lowest BCUT2D eigenvalue weighted by atomic mass is 10.3. The average molecular weight is 287 g/mol. The second-order valence-corrected chi connectivity index (χ2v) is 6.26. The molecule has 0 unspecified atom stereocenters. The van der Waals surface area contributed by atoms with Gasteiger partial charge in [0.15, 0.2) is 5.13 Å². The molecular formula is C14H13N3S2. The average Bonchev–Trinajstić information content (AvgIpc) is 2.79. The van der Waals surface area contributed by atoms with Gasteiger partial charge in [0.25, 0.3) is 0 Å². The molecule has 0 atom stereocenters. The normalized spacial score (nSPS) is 11.0. The van der Waals surface area contributed by atoms with Crippen molar-refractivity contribution in [2.24, 2.45) is 0 Å². The molecule has 0 spiro atoms. The second kappa shape index (κ2) is 5.19. The molecule has 0 radical (unpaired) electrons. The summed E-state index contributed by atoms with van der Waals surface area (Å²) in [5, 5.41) is 0.618. The fourth-order valence-corrected chi connectivity index (χ4v) is 3.77. The largest absolute Gasteiger partial charge is 0.375 e. The van der Waals surface area contributed by atoms with Crippen LogP contribution in [0.15, 0.2) is 46.3 Å². The van der Waals surface area contributed by atoms with Crippen molar-refractivity contribution in [2.45, 2.75) is 23.1 Å². The predicted molar refractivity (Wildman–Crippen MR) is 81.8 cm³/mol. The van der Waals surface area contributed by atoms with Crippen molar-refractivity contribution in [1.29, 1.82) is 0 Å². The van der Waals surface area contributed by atoms with Crippen molar-refractivity contribution in [3.05, 3.63) is 42.2 Å². The van der Waals surface area contributed by atoms with Gasteiger partial charge in [-0.15, -0.1) is 0 Å². The van der Waals surface area contributed by atoms with Crippen LogP contribution in [-0.4, -0.2) is 9.97 Å². The zero-order valence-corrected chi connectivity index (χ0v) is 12.1. The van der Waals surface area contributed by atoms with Gasteiger partial charge in [0.2, 0.25) is 0 Å². The third-order valence-corrected chi connectivity index (χ3v) is 4.72. The molecule has 0 bridgehead atoms. The molecule has 3 aromatic rings. The Kier molecular flexibility index (Phi) is 3.40. The molecule has 5 heteroatoms. The van der Waals surface area contributed by atoms with Gasteiger partial charge < -0.3 is 5.73 Å². The van der Waals surface area contributed by atoms with E-state index in [-0.39, 0.29) is 0 Å². The minimum atomic E-state index is 0.618. The molecule has 0 fully saturated rings. The van der Waals surface area contributed by atoms with Crippen LogP contribution < -0.4 is 5.73 Å². The molecule has 0 amide bonds. The number of aryl methyl sites for hydroxylation is 1. The van der Waals surface area contributed by atoms with E-state index in [0.717, 1.165) is 22.3 Å². The first-order chi connectivity index (χ1) is 9.26. The molecule has 2 aromatic heterocycles. The maximum Gasteiger partial charge on any atom is 0.181 e. The maximum absolute atomic E-state index is 5.73. The van der Waals surface area contributed by atoms with E-state index in [4.69, 9.17) is 5.73 Å². The third-order valence-electron chi connectivity index (χ3n) is 2.79. The number of thiazole rings is 1. The molecule has 0 aliphatic rings. The third kappa shape index (κ3) is 2.57. The van der Waals surface area contributed by atoms with E-state index in [2.05, 4.69) is 35.1 Å². The summed E-state index contributed by atoms with van der Waals surface area (Å²) in [5.41, 5.74) is 7.83. The highest BCUT2D eigenvalue weighted by molar-refractivity contribution is 7.99. The van der Waals surface area contributed by atoms with Crippen LogP contribution >= 0.6 is 23.1 Å². The molecule has 3 nitrogen and oxygen atoms in total. The zero-order chi connectivity index (χ0) is 13.2. The van der Waals surface area contributed by atoms with E-state index in [1.54, 1.807) is 11.8 Å². The smallest absolute Gasteiger partial charge is 0.181 e. The monoisotopic (exact) mass is 287 g/mol. The van der Waals surface area contributed by atoms with E-state index < -0.39 is 0 Å². The van der Waals surface area contributed by atoms with Gasteiger partial charge >= 0.3 is 0 Å². The predicted octanol–water partition coefficient (Wildman–Crippen LogP) is 3.99. The highest BCUT2D eigenvalue weighted by Gasteiger charge is 2.06. The molecule has 0 aliphatic heterocycles. The lowest BCUT2D eigenvalue weighted by Crippen LogP contribution is -1.89. The Labute approximate surface area is 119 Å². The van der Waals surface area contributed by atoms with Crippen LogP contribution in [0.1, 0.15) is 12.6 Å². The molecule has 0 saturated heterocycles. The number of nitrogens with two attached hydrogens (primary N) is 1. The Balaban J connectivity index is 1.96. The molecule has 1 aromatic carbocycles. The summed E-state index contributed by atoms with van der Waals surface area (Å²) >= 11 is 3.26. The van der Waals surface area contributed by atoms with Crippen molar-refractivity contribution < 1.29 is 0 Å². The molecule has 3 rings (SSSR count). The van der Waals surface area contributed by atoms with Crippen LogP contribution in [0.4, 0.5) is 5.13 Å². The lowest BCUT2D eigenvalue weighted by Gasteiger charge is -2.05. The van der Waals surface area contributed by atoms with Crippen molar-refractivity contribution >= 4 is 38.4 Å². The summed E-state index contributed by atoms with van der Waals surface area (Å²) in [6.07, 6.45) is 2.79. The van der Waals surface area contributed by atoms with Crippen molar-refractivity contribution in [2.75, 3.05) is 5.73 Å². The highest BCUT2D eigenvalue weighted by atomic mass is 32.2. The zero-order valence-electron chi connectivity index (χ0n) is 10.5. The number of hydrogen-bond donors (Lipinski definition) is 1. The molecule has 2 N–H and O–H groups in total. The molecule has 0 aliphatic carbocycles. The number of fused-ring (bicyclic) bond motifs is 1. The van der Waals surface area contributed by atoms with E-state index in [0.29, 0.717) is 5.13 Å². The lowest BCUT2D eigenvalue weighted by molar-refractivity contribution is 0.980. The first kappa shape index (κ1) is 12.4. The minimum absolute atomic E-state index is 0.618. The molecular weight excluding hydrogens is 274 g/mol. The van der Waals surface area contributed by atoms with Crippen LogP contribution in [0.3, 0.4) is 0 Å². The Morgan fingerprint density at radius 3 is 3.05 bits per heavy atom. The Bertz CT molecular complexity index is 722. The van der Waals surface area contributed by atoms with E-state index in [9.17, 15) is 0 Å². The number of hydrogen-bond acceptors (Lipinski definition) is 5. The molecule has 2 heterocycles. The van der Waals surface area contributed by atoms with Gasteiger partial charge in [0, 0.05) is 16.0 Å². The summed E-state index contributed by atoms with van der Waals surface area (Å²) in [6.45, 7) is 2.12. The molecule has 96 valence electrons. The number of benzene rings is 1. The van der Waals surface area contributed by atoms with Crippen molar-refractivity contribution in [1.82, 2.24) is 9.97 Å². The Morgan fingerprint density at radius 1 is 1.32 bits per heavy atom. The van der Waals surface area contributed by atoms with E-state index in [1.807, 2.05) is 18.3 Å². The van der Waals surface area contributed by atoms with Crippen molar-refractivity contribution in [3.63, 3.8) is 0 Å². The van der Waals surface area contributed by atoms with Crippen LogP contribution in [-0.2, 0) is 6.42 Å². The van der Waals surface area contributed by atoms with Gasteiger partial charge in [-0.2, -0.15) is 0 Å². The van der Waals surface area contributed by atoms with Gasteiger partial charge in [0.05, 0.1) is 15.9 Å². The van der Waals surface area contributed by atoms with Gasteiger partial charge in [-0.3, -0.25) is 4.98 Å². The summed E-state index contributed by atoms with van der Waals surface area (Å²) < 4.78 is 1.13. The summed E-state index contributed by atoms with van der Waals surface area (Å²) in [4.78, 5) is 11.1.